The summed E-state index contributed by atoms with van der Waals surface area (Å²) in [4.78, 5) is 41.8. The van der Waals surface area contributed by atoms with Crippen LogP contribution in [0.3, 0.4) is 0 Å². The number of nitrogens with zero attached hydrogens (tertiary/aromatic N) is 3. The first kappa shape index (κ1) is 11.0. The van der Waals surface area contributed by atoms with Gasteiger partial charge in [-0.2, -0.15) is 0 Å². The minimum absolute atomic E-state index is 0.0521. The Balaban J connectivity index is 2.27. The molecule has 1 aromatic rings. The fraction of sp³-hybridized carbons (Fsp3) is 0.222. The van der Waals surface area contributed by atoms with Crippen molar-refractivity contribution in [3.05, 3.63) is 18.1 Å². The lowest BCUT2D eigenvalue weighted by atomic mass is 10.3. The summed E-state index contributed by atoms with van der Waals surface area (Å²) in [7, 11) is 0. The molecule has 8 nitrogen and oxygen atoms in total. The number of amides is 2. The van der Waals surface area contributed by atoms with Gasteiger partial charge in [-0.25, -0.2) is 9.78 Å². The molecule has 2 N–H and O–H groups in total. The number of carbonyl (C=O) groups excluding carboxylic acids is 2. The summed E-state index contributed by atoms with van der Waals surface area (Å²) >= 11 is 0. The minimum atomic E-state index is -1.22. The van der Waals surface area contributed by atoms with Crippen molar-refractivity contribution in [3.8, 4) is 0 Å². The van der Waals surface area contributed by atoms with Crippen molar-refractivity contribution in [3.63, 3.8) is 0 Å². The third-order valence-corrected chi connectivity index (χ3v) is 2.11. The van der Waals surface area contributed by atoms with Gasteiger partial charge in [-0.05, 0) is 0 Å². The molecule has 2 amide bonds. The van der Waals surface area contributed by atoms with E-state index in [2.05, 4.69) is 15.3 Å². The van der Waals surface area contributed by atoms with Crippen LogP contribution in [0.5, 0.6) is 0 Å². The second kappa shape index (κ2) is 4.16. The van der Waals surface area contributed by atoms with Crippen LogP contribution in [0, 0.1) is 0 Å². The monoisotopic (exact) mass is 236 g/mol. The second-order valence-electron chi connectivity index (χ2n) is 3.40. The zero-order valence-electron chi connectivity index (χ0n) is 8.58. The van der Waals surface area contributed by atoms with Crippen LogP contribution in [-0.4, -0.2) is 45.9 Å². The Bertz CT molecular complexity index is 486. The van der Waals surface area contributed by atoms with E-state index in [1.165, 1.54) is 11.1 Å². The fourth-order valence-corrected chi connectivity index (χ4v) is 1.41. The normalized spacial score (nSPS) is 15.6. The van der Waals surface area contributed by atoms with Crippen LogP contribution in [0.1, 0.15) is 10.5 Å². The average molecular weight is 236 g/mol. The van der Waals surface area contributed by atoms with Crippen molar-refractivity contribution in [2.45, 2.75) is 0 Å². The van der Waals surface area contributed by atoms with E-state index >= 15 is 0 Å². The highest BCUT2D eigenvalue weighted by atomic mass is 16.4. The predicted molar refractivity (Wildman–Crippen MR) is 54.4 cm³/mol. The number of hydrogen-bond donors (Lipinski definition) is 2. The van der Waals surface area contributed by atoms with Crippen LogP contribution in [0.4, 0.5) is 5.82 Å². The number of rotatable bonds is 2. The van der Waals surface area contributed by atoms with Gasteiger partial charge in [0.05, 0.1) is 25.5 Å². The molecule has 2 heterocycles. The molecular formula is C9H8N4O4. The van der Waals surface area contributed by atoms with E-state index in [4.69, 9.17) is 5.11 Å². The Hall–Kier alpha value is -2.51. The van der Waals surface area contributed by atoms with Crippen LogP contribution in [-0.2, 0) is 9.59 Å². The number of carboxylic acids is 1. The first-order chi connectivity index (χ1) is 8.06. The molecule has 0 spiro atoms. The maximum atomic E-state index is 11.1. The summed E-state index contributed by atoms with van der Waals surface area (Å²) in [6.45, 7) is -0.104. The number of aromatic carboxylic acids is 1. The van der Waals surface area contributed by atoms with Crippen LogP contribution in [0.25, 0.3) is 0 Å². The first-order valence-electron chi connectivity index (χ1n) is 4.69. The number of anilines is 1. The number of piperazine rings is 1. The van der Waals surface area contributed by atoms with E-state index in [1.807, 2.05) is 0 Å². The maximum Gasteiger partial charge on any atom is 0.356 e. The standard InChI is InChI=1S/C9H8N4O4/c14-7-3-13(4-8(15)12-7)6-2-10-1-5(11-6)9(16)17/h1-2H,3-4H2,(H,16,17)(H,12,14,15). The van der Waals surface area contributed by atoms with Gasteiger partial charge in [-0.3, -0.25) is 19.9 Å². The molecule has 1 aromatic heterocycles. The van der Waals surface area contributed by atoms with Gasteiger partial charge in [0.2, 0.25) is 11.8 Å². The molecule has 0 radical (unpaired) electrons. The number of carboxylic acid groups (broad SMARTS) is 1. The molecule has 8 heteroatoms. The number of hydrogen-bond acceptors (Lipinski definition) is 6. The molecule has 0 atom stereocenters. The molecule has 0 aliphatic carbocycles. The number of carbonyl (C=O) groups is 3. The Labute approximate surface area is 95.3 Å². The van der Waals surface area contributed by atoms with E-state index in [0.717, 1.165) is 6.20 Å². The molecule has 1 aliphatic rings. The number of aromatic nitrogens is 2. The quantitative estimate of drug-likeness (QED) is 0.609. The highest BCUT2D eigenvalue weighted by molar-refractivity contribution is 6.02. The summed E-state index contributed by atoms with van der Waals surface area (Å²) in [5, 5.41) is 10.9. The van der Waals surface area contributed by atoms with Crippen LogP contribution >= 0.6 is 0 Å². The molecule has 1 aliphatic heterocycles. The lowest BCUT2D eigenvalue weighted by Gasteiger charge is -2.25. The minimum Gasteiger partial charge on any atom is -0.476 e. The van der Waals surface area contributed by atoms with Gasteiger partial charge in [0.25, 0.3) is 0 Å². The van der Waals surface area contributed by atoms with Gasteiger partial charge in [0.1, 0.15) is 5.82 Å². The second-order valence-corrected chi connectivity index (χ2v) is 3.40. The first-order valence-corrected chi connectivity index (χ1v) is 4.69. The molecule has 2 rings (SSSR count). The maximum absolute atomic E-state index is 11.1. The van der Waals surface area contributed by atoms with Crippen LogP contribution in [0.15, 0.2) is 12.4 Å². The van der Waals surface area contributed by atoms with Crippen molar-refractivity contribution in [2.75, 3.05) is 18.0 Å². The Morgan fingerprint density at radius 3 is 2.53 bits per heavy atom. The smallest absolute Gasteiger partial charge is 0.356 e. The third kappa shape index (κ3) is 2.36. The molecule has 0 saturated carbocycles. The average Bonchev–Trinajstić information content (AvgIpc) is 2.28. The largest absolute Gasteiger partial charge is 0.476 e. The van der Waals surface area contributed by atoms with E-state index < -0.39 is 17.8 Å². The zero-order chi connectivity index (χ0) is 12.4. The molecule has 0 bridgehead atoms. The topological polar surface area (TPSA) is 112 Å². The molecule has 1 saturated heterocycles. The van der Waals surface area contributed by atoms with E-state index in [0.29, 0.717) is 0 Å². The Kier molecular flexibility index (Phi) is 2.69. The summed E-state index contributed by atoms with van der Waals surface area (Å²) in [5.74, 6) is -1.94. The van der Waals surface area contributed by atoms with Gasteiger partial charge in [-0.15, -0.1) is 0 Å². The molecule has 0 aromatic carbocycles. The van der Waals surface area contributed by atoms with Crippen molar-refractivity contribution >= 4 is 23.6 Å². The summed E-state index contributed by atoms with van der Waals surface area (Å²) in [6.07, 6.45) is 2.40. The SMILES string of the molecule is O=C1CN(c2cncc(C(=O)O)n2)CC(=O)N1. The van der Waals surface area contributed by atoms with Crippen LogP contribution < -0.4 is 10.2 Å². The van der Waals surface area contributed by atoms with Crippen LogP contribution in [0.2, 0.25) is 0 Å². The molecule has 0 unspecified atom stereocenters. The highest BCUT2D eigenvalue weighted by Crippen LogP contribution is 2.10. The Morgan fingerprint density at radius 1 is 1.29 bits per heavy atom. The fourth-order valence-electron chi connectivity index (χ4n) is 1.41. The van der Waals surface area contributed by atoms with E-state index in [9.17, 15) is 14.4 Å². The molecular weight excluding hydrogens is 228 g/mol. The lowest BCUT2D eigenvalue weighted by Crippen LogP contribution is -2.51. The van der Waals surface area contributed by atoms with Gasteiger partial charge in [0, 0.05) is 0 Å². The molecule has 17 heavy (non-hydrogen) atoms. The number of imide groups is 1. The Morgan fingerprint density at radius 2 is 1.94 bits per heavy atom. The summed E-state index contributed by atoms with van der Waals surface area (Å²) in [6, 6.07) is 0. The summed E-state index contributed by atoms with van der Waals surface area (Å²) < 4.78 is 0. The molecule has 1 fully saturated rings. The van der Waals surface area contributed by atoms with Gasteiger partial charge >= 0.3 is 5.97 Å². The third-order valence-electron chi connectivity index (χ3n) is 2.11. The predicted octanol–water partition coefficient (Wildman–Crippen LogP) is -1.36. The van der Waals surface area contributed by atoms with Gasteiger partial charge in [0.15, 0.2) is 5.69 Å². The van der Waals surface area contributed by atoms with E-state index in [1.54, 1.807) is 0 Å². The number of nitrogens with one attached hydrogen (secondary N) is 1. The van der Waals surface area contributed by atoms with Crippen molar-refractivity contribution < 1.29 is 19.5 Å². The van der Waals surface area contributed by atoms with Gasteiger partial charge < -0.3 is 10.0 Å². The van der Waals surface area contributed by atoms with Gasteiger partial charge in [-0.1, -0.05) is 0 Å². The highest BCUT2D eigenvalue weighted by Gasteiger charge is 2.24. The lowest BCUT2D eigenvalue weighted by molar-refractivity contribution is -0.130. The van der Waals surface area contributed by atoms with Crippen molar-refractivity contribution in [2.24, 2.45) is 0 Å². The van der Waals surface area contributed by atoms with Crippen molar-refractivity contribution in [1.29, 1.82) is 0 Å². The van der Waals surface area contributed by atoms with Crippen molar-refractivity contribution in [1.82, 2.24) is 15.3 Å². The van der Waals surface area contributed by atoms with E-state index in [-0.39, 0.29) is 24.6 Å². The zero-order valence-corrected chi connectivity index (χ0v) is 8.58. The summed E-state index contributed by atoms with van der Waals surface area (Å²) in [5.41, 5.74) is -0.235. The molecule has 88 valence electrons.